The van der Waals surface area contributed by atoms with Gasteiger partial charge in [-0.25, -0.2) is 23.9 Å². The Morgan fingerprint density at radius 2 is 1.89 bits per heavy atom. The zero-order chi connectivity index (χ0) is 26.0. The van der Waals surface area contributed by atoms with E-state index < -0.39 is 11.6 Å². The minimum atomic E-state index is -1.79. The molecule has 6 heterocycles. The standard InChI is InChI=1S/C26H28FN9O2/c1-28-23-19-8-29-21(31-25(37)26(27)5-6-26)7-18(19)20(9-30-23)24-32-22-4-3-15(10-36(22)33-24)35-13-16-11-34(2)12-17(14-35)38-16/h3-4,7-10,16-17H,5-6,11-14H2,1-2H3,(H,28,30)(H,29,31,37). The van der Waals surface area contributed by atoms with Crippen molar-refractivity contribution in [3.8, 4) is 11.4 Å². The third-order valence-corrected chi connectivity index (χ3v) is 7.53. The van der Waals surface area contributed by atoms with E-state index >= 15 is 0 Å². The van der Waals surface area contributed by atoms with Crippen molar-refractivity contribution in [2.45, 2.75) is 30.7 Å². The quantitative estimate of drug-likeness (QED) is 0.412. The summed E-state index contributed by atoms with van der Waals surface area (Å²) in [5, 5.41) is 12.0. The molecule has 1 saturated carbocycles. The van der Waals surface area contributed by atoms with Gasteiger partial charge in [-0.15, -0.1) is 5.10 Å². The van der Waals surface area contributed by atoms with E-state index in [9.17, 15) is 9.18 Å². The minimum Gasteiger partial charge on any atom is -0.373 e. The number of hydrogen-bond donors (Lipinski definition) is 2. The highest BCUT2D eigenvalue weighted by atomic mass is 19.1. The summed E-state index contributed by atoms with van der Waals surface area (Å²) in [5.74, 6) is 0.741. The number of amides is 1. The molecule has 196 valence electrons. The summed E-state index contributed by atoms with van der Waals surface area (Å²) in [7, 11) is 3.92. The van der Waals surface area contributed by atoms with Crippen molar-refractivity contribution in [1.29, 1.82) is 0 Å². The van der Waals surface area contributed by atoms with E-state index in [0.29, 0.717) is 22.9 Å². The molecule has 3 aliphatic rings. The van der Waals surface area contributed by atoms with Crippen molar-refractivity contribution in [1.82, 2.24) is 29.5 Å². The molecule has 0 aromatic carbocycles. The molecule has 4 aromatic heterocycles. The fourth-order valence-electron chi connectivity index (χ4n) is 5.43. The molecule has 2 aliphatic heterocycles. The number of anilines is 3. The van der Waals surface area contributed by atoms with Crippen molar-refractivity contribution in [3.63, 3.8) is 0 Å². The number of carbonyl (C=O) groups excluding carboxylic acids is 1. The van der Waals surface area contributed by atoms with Gasteiger partial charge in [0.1, 0.15) is 11.6 Å². The lowest BCUT2D eigenvalue weighted by atomic mass is 10.1. The molecular formula is C26H28FN9O2. The van der Waals surface area contributed by atoms with Gasteiger partial charge in [0, 0.05) is 62.0 Å². The molecule has 1 aliphatic carbocycles. The molecule has 2 unspecified atom stereocenters. The second kappa shape index (κ2) is 8.57. The summed E-state index contributed by atoms with van der Waals surface area (Å²) < 4.78 is 22.1. The maximum absolute atomic E-state index is 14.2. The maximum atomic E-state index is 14.2. The Bertz CT molecular complexity index is 1550. The molecule has 4 aromatic rings. The highest BCUT2D eigenvalue weighted by Gasteiger charge is 2.51. The van der Waals surface area contributed by atoms with Gasteiger partial charge >= 0.3 is 0 Å². The third-order valence-electron chi connectivity index (χ3n) is 7.53. The van der Waals surface area contributed by atoms with Gasteiger partial charge in [0.15, 0.2) is 17.1 Å². The Kier molecular flexibility index (Phi) is 5.24. The van der Waals surface area contributed by atoms with E-state index in [1.165, 1.54) is 0 Å². The fourth-order valence-corrected chi connectivity index (χ4v) is 5.43. The molecule has 2 saturated heterocycles. The van der Waals surface area contributed by atoms with Crippen molar-refractivity contribution in [2.75, 3.05) is 55.8 Å². The Morgan fingerprint density at radius 3 is 2.63 bits per heavy atom. The molecule has 1 amide bonds. The first kappa shape index (κ1) is 23.2. The van der Waals surface area contributed by atoms with Gasteiger partial charge in [-0.1, -0.05) is 0 Å². The number of rotatable bonds is 5. The van der Waals surface area contributed by atoms with Crippen LogP contribution in [0.4, 0.5) is 21.7 Å². The van der Waals surface area contributed by atoms with Crippen LogP contribution in [0.15, 0.2) is 36.8 Å². The monoisotopic (exact) mass is 517 g/mol. The van der Waals surface area contributed by atoms with Crippen molar-refractivity contribution in [2.24, 2.45) is 0 Å². The van der Waals surface area contributed by atoms with Crippen LogP contribution in [-0.2, 0) is 9.53 Å². The first-order valence-electron chi connectivity index (χ1n) is 12.8. The number of carbonyl (C=O) groups is 1. The molecule has 0 radical (unpaired) electrons. The van der Waals surface area contributed by atoms with E-state index in [1.54, 1.807) is 30.0 Å². The molecule has 3 fully saturated rings. The van der Waals surface area contributed by atoms with Crippen LogP contribution < -0.4 is 15.5 Å². The lowest BCUT2D eigenvalue weighted by Gasteiger charge is -2.45. The van der Waals surface area contributed by atoms with Crippen LogP contribution in [0.5, 0.6) is 0 Å². The fraction of sp³-hybridized carbons (Fsp3) is 0.423. The van der Waals surface area contributed by atoms with E-state index in [4.69, 9.17) is 14.8 Å². The van der Waals surface area contributed by atoms with Gasteiger partial charge < -0.3 is 25.2 Å². The average molecular weight is 518 g/mol. The predicted octanol–water partition coefficient (Wildman–Crippen LogP) is 2.34. The number of likely N-dealkylation sites (N-methyl/N-ethyl adjacent to an activating group) is 1. The molecular weight excluding hydrogens is 489 g/mol. The SMILES string of the molecule is CNc1ncc(-c2nc3ccc(N4CC5CN(C)CC(C4)O5)cn3n2)c2cc(NC(=O)C3(F)CC3)ncc12. The van der Waals surface area contributed by atoms with Gasteiger partial charge in [0.2, 0.25) is 0 Å². The van der Waals surface area contributed by atoms with Crippen LogP contribution in [0.25, 0.3) is 27.8 Å². The van der Waals surface area contributed by atoms with Crippen LogP contribution in [0.1, 0.15) is 12.8 Å². The Labute approximate surface area is 218 Å². The minimum absolute atomic E-state index is 0.188. The maximum Gasteiger partial charge on any atom is 0.263 e. The van der Waals surface area contributed by atoms with Crippen molar-refractivity contribution < 1.29 is 13.9 Å². The second-order valence-electron chi connectivity index (χ2n) is 10.4. The Balaban J connectivity index is 1.24. The number of nitrogens with one attached hydrogen (secondary N) is 2. The largest absolute Gasteiger partial charge is 0.373 e. The normalized spacial score (nSPS) is 22.6. The van der Waals surface area contributed by atoms with E-state index in [2.05, 4.69) is 43.5 Å². The lowest BCUT2D eigenvalue weighted by molar-refractivity contribution is -0.122. The molecule has 7 rings (SSSR count). The topological polar surface area (TPSA) is 113 Å². The van der Waals surface area contributed by atoms with E-state index in [0.717, 1.165) is 42.6 Å². The van der Waals surface area contributed by atoms with Crippen LogP contribution >= 0.6 is 0 Å². The van der Waals surface area contributed by atoms with E-state index in [1.807, 2.05) is 12.3 Å². The number of pyridine rings is 3. The molecule has 11 nitrogen and oxygen atoms in total. The van der Waals surface area contributed by atoms with Crippen LogP contribution in [0, 0.1) is 0 Å². The summed E-state index contributed by atoms with van der Waals surface area (Å²) in [5.41, 5.74) is 0.676. The summed E-state index contributed by atoms with van der Waals surface area (Å²) in [6.07, 6.45) is 6.17. The molecule has 0 spiro atoms. The first-order valence-corrected chi connectivity index (χ1v) is 12.8. The molecule has 2 bridgehead atoms. The third kappa shape index (κ3) is 4.00. The molecule has 12 heteroatoms. The highest BCUT2D eigenvalue weighted by molar-refractivity contribution is 6.04. The van der Waals surface area contributed by atoms with E-state index in [-0.39, 0.29) is 30.9 Å². The van der Waals surface area contributed by atoms with Gasteiger partial charge in [-0.05, 0) is 38.1 Å². The number of halogens is 1. The number of alkyl halides is 1. The summed E-state index contributed by atoms with van der Waals surface area (Å²) in [4.78, 5) is 30.6. The number of ether oxygens (including phenoxy) is 1. The summed E-state index contributed by atoms with van der Waals surface area (Å²) >= 11 is 0. The first-order chi connectivity index (χ1) is 18.4. The predicted molar refractivity (Wildman–Crippen MR) is 141 cm³/mol. The van der Waals surface area contributed by atoms with Crippen molar-refractivity contribution in [3.05, 3.63) is 36.8 Å². The van der Waals surface area contributed by atoms with Gasteiger partial charge in [-0.3, -0.25) is 4.79 Å². The molecule has 2 atom stereocenters. The number of fused-ring (bicyclic) bond motifs is 4. The molecule has 38 heavy (non-hydrogen) atoms. The summed E-state index contributed by atoms with van der Waals surface area (Å²) in [6.45, 7) is 3.51. The smallest absolute Gasteiger partial charge is 0.263 e. The van der Waals surface area contributed by atoms with Gasteiger partial charge in [0.25, 0.3) is 5.91 Å². The highest BCUT2D eigenvalue weighted by Crippen LogP contribution is 2.41. The number of aromatic nitrogens is 5. The van der Waals surface area contributed by atoms with Gasteiger partial charge in [-0.2, -0.15) is 0 Å². The number of nitrogens with zero attached hydrogens (tertiary/aromatic N) is 7. The average Bonchev–Trinajstić information content (AvgIpc) is 3.52. The lowest BCUT2D eigenvalue weighted by Crippen LogP contribution is -2.58. The van der Waals surface area contributed by atoms with Crippen LogP contribution in [0.3, 0.4) is 0 Å². The van der Waals surface area contributed by atoms with Crippen LogP contribution in [0.2, 0.25) is 0 Å². The molecule has 2 N–H and O–H groups in total. The Hall–Kier alpha value is -3.90. The van der Waals surface area contributed by atoms with Gasteiger partial charge in [0.05, 0.1) is 24.1 Å². The van der Waals surface area contributed by atoms with Crippen LogP contribution in [-0.4, -0.2) is 93.5 Å². The number of hydrogen-bond acceptors (Lipinski definition) is 9. The van der Waals surface area contributed by atoms with Crippen molar-refractivity contribution >= 4 is 39.6 Å². The zero-order valence-corrected chi connectivity index (χ0v) is 21.2. The summed E-state index contributed by atoms with van der Waals surface area (Å²) in [6, 6.07) is 5.75. The Morgan fingerprint density at radius 1 is 1.11 bits per heavy atom. The number of morpholine rings is 2. The second-order valence-corrected chi connectivity index (χ2v) is 10.4. The zero-order valence-electron chi connectivity index (χ0n) is 21.2.